The summed E-state index contributed by atoms with van der Waals surface area (Å²) in [6.07, 6.45) is 1.93. The minimum absolute atomic E-state index is 0.0722. The molecule has 0 amide bonds. The Bertz CT molecular complexity index is 1350. The average Bonchev–Trinajstić information content (AvgIpc) is 3.02. The number of hydrogen-bond donors (Lipinski definition) is 0. The van der Waals surface area contributed by atoms with Crippen molar-refractivity contribution in [1.82, 2.24) is 4.90 Å². The second-order valence-corrected chi connectivity index (χ2v) is 10.7. The van der Waals surface area contributed by atoms with Crippen molar-refractivity contribution in [1.29, 1.82) is 0 Å². The molecule has 200 valence electrons. The highest BCUT2D eigenvalue weighted by Crippen LogP contribution is 2.46. The molecule has 1 saturated heterocycles. The van der Waals surface area contributed by atoms with Crippen LogP contribution in [-0.4, -0.2) is 18.0 Å². The summed E-state index contributed by atoms with van der Waals surface area (Å²) >= 11 is 0. The predicted octanol–water partition coefficient (Wildman–Crippen LogP) is 8.80. The van der Waals surface area contributed by atoms with Gasteiger partial charge in [0.25, 0.3) is 0 Å². The first kappa shape index (κ1) is 26.2. The highest BCUT2D eigenvalue weighted by atomic mass is 19.1. The molecular weight excluding hydrogens is 496 g/mol. The molecule has 1 nitrogen and oxygen atoms in total. The summed E-state index contributed by atoms with van der Waals surface area (Å²) in [4.78, 5) is 2.63. The lowest BCUT2D eigenvalue weighted by molar-refractivity contribution is 0.0970. The third kappa shape index (κ3) is 4.98. The van der Waals surface area contributed by atoms with Crippen LogP contribution in [0, 0.1) is 17.6 Å². The second-order valence-electron chi connectivity index (χ2n) is 10.7. The maximum Gasteiger partial charge on any atom is 0.123 e. The zero-order valence-corrected chi connectivity index (χ0v) is 22.5. The Morgan fingerprint density at radius 3 is 1.20 bits per heavy atom. The monoisotopic (exact) mass is 529 g/mol. The fourth-order valence-corrected chi connectivity index (χ4v) is 6.73. The van der Waals surface area contributed by atoms with E-state index in [9.17, 15) is 8.78 Å². The summed E-state index contributed by atoms with van der Waals surface area (Å²) in [5.41, 5.74) is 5.47. The molecule has 0 aromatic heterocycles. The molecule has 0 aliphatic carbocycles. The van der Waals surface area contributed by atoms with E-state index in [1.807, 2.05) is 24.3 Å². The van der Waals surface area contributed by atoms with Crippen molar-refractivity contribution < 1.29 is 8.78 Å². The summed E-state index contributed by atoms with van der Waals surface area (Å²) in [5.74, 6) is -0.0697. The molecule has 0 atom stereocenters. The molecule has 0 saturated carbocycles. The normalized spacial score (nSPS) is 14.9. The first-order valence-electron chi connectivity index (χ1n) is 14.1. The molecule has 1 aliphatic rings. The Morgan fingerprint density at radius 1 is 0.500 bits per heavy atom. The van der Waals surface area contributed by atoms with Crippen LogP contribution in [0.15, 0.2) is 140 Å². The van der Waals surface area contributed by atoms with Crippen molar-refractivity contribution in [2.24, 2.45) is 5.92 Å². The smallest absolute Gasteiger partial charge is 0.123 e. The summed E-state index contributed by atoms with van der Waals surface area (Å²) in [5, 5.41) is 0. The van der Waals surface area contributed by atoms with Crippen LogP contribution in [0.1, 0.15) is 46.6 Å². The SMILES string of the molecule is Fc1ccc(C(c2ccc(F)cc2)C2CCN(C(c3ccccc3)(c3ccccc3)c3ccccc3)CC2)cc1. The van der Waals surface area contributed by atoms with Crippen molar-refractivity contribution in [2.75, 3.05) is 13.1 Å². The molecule has 3 heteroatoms. The van der Waals surface area contributed by atoms with Crippen molar-refractivity contribution >= 4 is 0 Å². The second kappa shape index (κ2) is 11.6. The summed E-state index contributed by atoms with van der Waals surface area (Å²) in [7, 11) is 0. The van der Waals surface area contributed by atoms with Crippen LogP contribution in [0.5, 0.6) is 0 Å². The first-order valence-corrected chi connectivity index (χ1v) is 14.1. The third-order valence-electron chi connectivity index (χ3n) is 8.52. The highest BCUT2D eigenvalue weighted by Gasteiger charge is 2.44. The molecular formula is C37H33F2N. The first-order chi connectivity index (χ1) is 19.7. The van der Waals surface area contributed by atoms with Crippen molar-refractivity contribution in [2.45, 2.75) is 24.3 Å². The molecule has 1 fully saturated rings. The van der Waals surface area contributed by atoms with Gasteiger partial charge < -0.3 is 0 Å². The van der Waals surface area contributed by atoms with Crippen molar-refractivity contribution in [3.8, 4) is 0 Å². The molecule has 0 radical (unpaired) electrons. The van der Waals surface area contributed by atoms with E-state index in [-0.39, 0.29) is 17.6 Å². The number of halogens is 2. The van der Waals surface area contributed by atoms with E-state index < -0.39 is 5.54 Å². The molecule has 0 unspecified atom stereocenters. The van der Waals surface area contributed by atoms with Gasteiger partial charge >= 0.3 is 0 Å². The van der Waals surface area contributed by atoms with Gasteiger partial charge in [0, 0.05) is 5.92 Å². The largest absolute Gasteiger partial charge is 0.286 e. The predicted molar refractivity (Wildman–Crippen MR) is 158 cm³/mol. The fourth-order valence-electron chi connectivity index (χ4n) is 6.73. The minimum Gasteiger partial charge on any atom is -0.286 e. The van der Waals surface area contributed by atoms with Crippen molar-refractivity contribution in [3.05, 3.63) is 179 Å². The lowest BCUT2D eigenvalue weighted by Crippen LogP contribution is -2.51. The van der Waals surface area contributed by atoms with E-state index in [4.69, 9.17) is 0 Å². The summed E-state index contributed by atoms with van der Waals surface area (Å²) < 4.78 is 27.7. The molecule has 1 aliphatic heterocycles. The van der Waals surface area contributed by atoms with Crippen LogP contribution in [-0.2, 0) is 5.54 Å². The lowest BCUT2D eigenvalue weighted by Gasteiger charge is -2.49. The zero-order chi connectivity index (χ0) is 27.4. The Balaban J connectivity index is 1.40. The van der Waals surface area contributed by atoms with Crippen LogP contribution in [0.3, 0.4) is 0 Å². The number of piperidine rings is 1. The molecule has 0 N–H and O–H groups in total. The molecule has 0 spiro atoms. The van der Waals surface area contributed by atoms with Crippen LogP contribution >= 0.6 is 0 Å². The van der Waals surface area contributed by atoms with E-state index in [1.54, 1.807) is 0 Å². The van der Waals surface area contributed by atoms with Gasteiger partial charge in [-0.2, -0.15) is 0 Å². The maximum absolute atomic E-state index is 13.9. The minimum atomic E-state index is -0.435. The standard InChI is InChI=1S/C37H33F2N/c38-34-20-16-28(17-21-34)36(29-18-22-35(39)23-19-29)30-24-26-40(27-25-30)37(31-10-4-1-5-11-31,32-12-6-2-7-13-32)33-14-8-3-9-15-33/h1-23,30,36H,24-27H2. The summed E-state index contributed by atoms with van der Waals surface area (Å²) in [6, 6.07) is 46.1. The van der Waals surface area contributed by atoms with Crippen LogP contribution in [0.25, 0.3) is 0 Å². The summed E-state index contributed by atoms with van der Waals surface area (Å²) in [6.45, 7) is 1.78. The van der Waals surface area contributed by atoms with E-state index >= 15 is 0 Å². The third-order valence-corrected chi connectivity index (χ3v) is 8.52. The number of hydrogen-bond acceptors (Lipinski definition) is 1. The van der Waals surface area contributed by atoms with Crippen LogP contribution in [0.2, 0.25) is 0 Å². The molecule has 0 bridgehead atoms. The Morgan fingerprint density at radius 2 is 0.850 bits per heavy atom. The van der Waals surface area contributed by atoms with E-state index in [2.05, 4.69) is 95.9 Å². The molecule has 40 heavy (non-hydrogen) atoms. The zero-order valence-electron chi connectivity index (χ0n) is 22.5. The van der Waals surface area contributed by atoms with E-state index in [1.165, 1.54) is 41.0 Å². The van der Waals surface area contributed by atoms with Gasteiger partial charge in [0.15, 0.2) is 0 Å². The van der Waals surface area contributed by atoms with E-state index in [0.29, 0.717) is 5.92 Å². The molecule has 1 heterocycles. The maximum atomic E-state index is 13.9. The van der Waals surface area contributed by atoms with Crippen LogP contribution < -0.4 is 0 Å². The number of benzene rings is 5. The number of nitrogens with zero attached hydrogens (tertiary/aromatic N) is 1. The Kier molecular flexibility index (Phi) is 7.57. The van der Waals surface area contributed by atoms with Gasteiger partial charge in [-0.15, -0.1) is 0 Å². The van der Waals surface area contributed by atoms with Gasteiger partial charge in [-0.25, -0.2) is 8.78 Å². The van der Waals surface area contributed by atoms with Gasteiger partial charge in [0.2, 0.25) is 0 Å². The van der Waals surface area contributed by atoms with E-state index in [0.717, 1.165) is 37.1 Å². The van der Waals surface area contributed by atoms with Gasteiger partial charge in [-0.3, -0.25) is 4.90 Å². The van der Waals surface area contributed by atoms with Gasteiger partial charge in [0.1, 0.15) is 11.6 Å². The van der Waals surface area contributed by atoms with Gasteiger partial charge in [-0.1, -0.05) is 115 Å². The lowest BCUT2D eigenvalue weighted by atomic mass is 9.72. The number of likely N-dealkylation sites (tertiary alicyclic amines) is 1. The average molecular weight is 530 g/mol. The Hall–Kier alpha value is -4.08. The fraction of sp³-hybridized carbons (Fsp3) is 0.189. The highest BCUT2D eigenvalue weighted by molar-refractivity contribution is 5.50. The molecule has 5 aromatic rings. The molecule has 5 aromatic carbocycles. The topological polar surface area (TPSA) is 3.24 Å². The molecule has 6 rings (SSSR count). The number of rotatable bonds is 7. The van der Waals surface area contributed by atoms with Crippen LogP contribution in [0.4, 0.5) is 8.78 Å². The van der Waals surface area contributed by atoms with Gasteiger partial charge in [0.05, 0.1) is 5.54 Å². The van der Waals surface area contributed by atoms with Crippen molar-refractivity contribution in [3.63, 3.8) is 0 Å². The quantitative estimate of drug-likeness (QED) is 0.190. The van der Waals surface area contributed by atoms with Gasteiger partial charge in [-0.05, 0) is 83.9 Å². The Labute approximate surface area is 235 Å².